The van der Waals surface area contributed by atoms with E-state index in [0.29, 0.717) is 24.3 Å². The lowest BCUT2D eigenvalue weighted by Gasteiger charge is -2.19. The molecule has 0 unspecified atom stereocenters. The van der Waals surface area contributed by atoms with E-state index in [2.05, 4.69) is 25.3 Å². The lowest BCUT2D eigenvalue weighted by atomic mass is 10.2. The van der Waals surface area contributed by atoms with Crippen LogP contribution < -0.4 is 10.9 Å². The molecule has 29 heavy (non-hydrogen) atoms. The van der Waals surface area contributed by atoms with Gasteiger partial charge in [0, 0.05) is 51.3 Å². The maximum absolute atomic E-state index is 12.6. The number of fused-ring (bicyclic) bond motifs is 1. The van der Waals surface area contributed by atoms with Crippen LogP contribution in [0.1, 0.15) is 33.9 Å². The van der Waals surface area contributed by atoms with Gasteiger partial charge < -0.3 is 5.32 Å². The Balaban J connectivity index is 1.48. The van der Waals surface area contributed by atoms with Crippen molar-refractivity contribution in [1.29, 1.82) is 0 Å². The van der Waals surface area contributed by atoms with Crippen molar-refractivity contribution in [2.45, 2.75) is 32.6 Å². The number of pyridine rings is 1. The number of aryl methyl sites for hydroxylation is 1. The molecule has 1 aliphatic heterocycles. The standard InChI is InChI=1S/C20H23N7O2/c1-25-13-16(10-23-25)20(29)22-11-17-8-19(28)27-7-3-6-26(14-18(27)24-17)12-15-4-2-5-21-9-15/h2,4-5,8-10,13H,3,6-7,11-12,14H2,1H3,(H,22,29). The Labute approximate surface area is 168 Å². The van der Waals surface area contributed by atoms with Crippen LogP contribution in [0.4, 0.5) is 0 Å². The van der Waals surface area contributed by atoms with Crippen LogP contribution in [0.5, 0.6) is 0 Å². The lowest BCUT2D eigenvalue weighted by Crippen LogP contribution is -2.30. The van der Waals surface area contributed by atoms with Gasteiger partial charge in [-0.25, -0.2) is 4.98 Å². The van der Waals surface area contributed by atoms with Crippen LogP contribution in [0.3, 0.4) is 0 Å². The molecule has 3 aromatic rings. The Hall–Kier alpha value is -3.33. The molecule has 0 bridgehead atoms. The van der Waals surface area contributed by atoms with E-state index >= 15 is 0 Å². The Morgan fingerprint density at radius 2 is 2.17 bits per heavy atom. The lowest BCUT2D eigenvalue weighted by molar-refractivity contribution is 0.0950. The highest BCUT2D eigenvalue weighted by Crippen LogP contribution is 2.12. The minimum Gasteiger partial charge on any atom is -0.346 e. The van der Waals surface area contributed by atoms with E-state index in [-0.39, 0.29) is 18.0 Å². The third-order valence-electron chi connectivity index (χ3n) is 4.89. The van der Waals surface area contributed by atoms with Crippen LogP contribution in [-0.4, -0.2) is 41.7 Å². The van der Waals surface area contributed by atoms with Crippen LogP contribution in [-0.2, 0) is 33.2 Å². The summed E-state index contributed by atoms with van der Waals surface area (Å²) in [4.78, 5) is 35.9. The van der Waals surface area contributed by atoms with Gasteiger partial charge in [0.05, 0.1) is 30.5 Å². The second kappa shape index (κ2) is 8.36. The van der Waals surface area contributed by atoms with Gasteiger partial charge in [-0.1, -0.05) is 6.07 Å². The molecular formula is C20H23N7O2. The monoisotopic (exact) mass is 393 g/mol. The molecule has 0 saturated carbocycles. The van der Waals surface area contributed by atoms with Crippen molar-refractivity contribution in [2.75, 3.05) is 6.54 Å². The summed E-state index contributed by atoms with van der Waals surface area (Å²) < 4.78 is 3.30. The number of nitrogens with one attached hydrogen (secondary N) is 1. The van der Waals surface area contributed by atoms with Gasteiger partial charge in [-0.15, -0.1) is 0 Å². The molecule has 1 aliphatic rings. The van der Waals surface area contributed by atoms with Gasteiger partial charge in [0.1, 0.15) is 5.82 Å². The van der Waals surface area contributed by atoms with E-state index in [1.807, 2.05) is 18.3 Å². The molecule has 0 atom stereocenters. The number of amides is 1. The molecular weight excluding hydrogens is 370 g/mol. The number of hydrogen-bond donors (Lipinski definition) is 1. The van der Waals surface area contributed by atoms with E-state index in [1.54, 1.807) is 28.7 Å². The number of rotatable bonds is 5. The fourth-order valence-corrected chi connectivity index (χ4v) is 3.48. The predicted molar refractivity (Wildman–Crippen MR) is 106 cm³/mol. The maximum atomic E-state index is 12.6. The van der Waals surface area contributed by atoms with E-state index in [1.165, 1.54) is 12.3 Å². The predicted octanol–water partition coefficient (Wildman–Crippen LogP) is 0.708. The van der Waals surface area contributed by atoms with Crippen LogP contribution in [0.25, 0.3) is 0 Å². The summed E-state index contributed by atoms with van der Waals surface area (Å²) >= 11 is 0. The minimum atomic E-state index is -0.242. The number of carbonyl (C=O) groups excluding carboxylic acids is 1. The van der Waals surface area contributed by atoms with E-state index < -0.39 is 0 Å². The third-order valence-corrected chi connectivity index (χ3v) is 4.89. The zero-order valence-electron chi connectivity index (χ0n) is 16.3. The Morgan fingerprint density at radius 3 is 2.93 bits per heavy atom. The first-order valence-corrected chi connectivity index (χ1v) is 9.56. The van der Waals surface area contributed by atoms with Gasteiger partial charge in [0.15, 0.2) is 0 Å². The second-order valence-corrected chi connectivity index (χ2v) is 7.16. The molecule has 0 spiro atoms. The molecule has 0 aromatic carbocycles. The van der Waals surface area contributed by atoms with Crippen molar-refractivity contribution >= 4 is 5.91 Å². The maximum Gasteiger partial charge on any atom is 0.254 e. The van der Waals surface area contributed by atoms with Crippen LogP contribution in [0.15, 0.2) is 47.8 Å². The first-order valence-electron chi connectivity index (χ1n) is 9.56. The summed E-state index contributed by atoms with van der Waals surface area (Å²) in [6.07, 6.45) is 7.64. The molecule has 4 rings (SSSR count). The van der Waals surface area contributed by atoms with Crippen molar-refractivity contribution in [3.8, 4) is 0 Å². The normalized spacial score (nSPS) is 14.2. The topological polar surface area (TPSA) is 97.9 Å². The number of nitrogens with zero attached hydrogens (tertiary/aromatic N) is 6. The molecule has 150 valence electrons. The summed E-state index contributed by atoms with van der Waals surface area (Å²) in [6.45, 7) is 3.05. The fraction of sp³-hybridized carbons (Fsp3) is 0.350. The van der Waals surface area contributed by atoms with Gasteiger partial charge in [-0.3, -0.25) is 28.7 Å². The highest BCUT2D eigenvalue weighted by atomic mass is 16.1. The average molecular weight is 393 g/mol. The molecule has 1 amide bonds. The SMILES string of the molecule is Cn1cc(C(=O)NCc2cc(=O)n3c(n2)CN(Cc2cccnc2)CCC3)cn1. The average Bonchev–Trinajstić information content (AvgIpc) is 3.04. The molecule has 0 aliphatic carbocycles. The molecule has 0 radical (unpaired) electrons. The van der Waals surface area contributed by atoms with Gasteiger partial charge in [0.2, 0.25) is 0 Å². The summed E-state index contributed by atoms with van der Waals surface area (Å²) in [6, 6.07) is 5.47. The zero-order valence-corrected chi connectivity index (χ0v) is 16.3. The van der Waals surface area contributed by atoms with Crippen LogP contribution in [0, 0.1) is 0 Å². The highest BCUT2D eigenvalue weighted by Gasteiger charge is 2.18. The highest BCUT2D eigenvalue weighted by molar-refractivity contribution is 5.93. The zero-order chi connectivity index (χ0) is 20.2. The van der Waals surface area contributed by atoms with Crippen molar-refractivity contribution < 1.29 is 4.79 Å². The molecule has 0 saturated heterocycles. The molecule has 3 aromatic heterocycles. The largest absolute Gasteiger partial charge is 0.346 e. The van der Waals surface area contributed by atoms with E-state index in [0.717, 1.165) is 30.9 Å². The van der Waals surface area contributed by atoms with Crippen molar-refractivity contribution in [3.05, 3.63) is 76.0 Å². The number of hydrogen-bond acceptors (Lipinski definition) is 6. The summed E-state index contributed by atoms with van der Waals surface area (Å²) in [5, 5.41) is 6.80. The third kappa shape index (κ3) is 4.57. The van der Waals surface area contributed by atoms with Crippen LogP contribution in [0.2, 0.25) is 0 Å². The first-order chi connectivity index (χ1) is 14.1. The van der Waals surface area contributed by atoms with Crippen molar-refractivity contribution in [1.82, 2.24) is 34.5 Å². The molecule has 4 heterocycles. The fourth-order valence-electron chi connectivity index (χ4n) is 3.48. The smallest absolute Gasteiger partial charge is 0.254 e. The van der Waals surface area contributed by atoms with Gasteiger partial charge >= 0.3 is 0 Å². The summed E-state index contributed by atoms with van der Waals surface area (Å²) in [5.74, 6) is 0.484. The Kier molecular flexibility index (Phi) is 5.48. The molecule has 1 N–H and O–H groups in total. The molecule has 0 fully saturated rings. The van der Waals surface area contributed by atoms with Crippen LogP contribution >= 0.6 is 0 Å². The Bertz CT molecular complexity index is 1060. The summed E-state index contributed by atoms with van der Waals surface area (Å²) in [7, 11) is 1.75. The second-order valence-electron chi connectivity index (χ2n) is 7.16. The quantitative estimate of drug-likeness (QED) is 0.686. The minimum absolute atomic E-state index is 0.0798. The van der Waals surface area contributed by atoms with E-state index in [4.69, 9.17) is 0 Å². The van der Waals surface area contributed by atoms with Gasteiger partial charge in [0.25, 0.3) is 11.5 Å². The number of aromatic nitrogens is 5. The van der Waals surface area contributed by atoms with Crippen molar-refractivity contribution in [3.63, 3.8) is 0 Å². The van der Waals surface area contributed by atoms with Gasteiger partial charge in [-0.2, -0.15) is 5.10 Å². The van der Waals surface area contributed by atoms with Crippen molar-refractivity contribution in [2.24, 2.45) is 7.05 Å². The number of carbonyl (C=O) groups is 1. The molecule has 9 heteroatoms. The van der Waals surface area contributed by atoms with Gasteiger partial charge in [-0.05, 0) is 18.1 Å². The van der Waals surface area contributed by atoms with E-state index in [9.17, 15) is 9.59 Å². The summed E-state index contributed by atoms with van der Waals surface area (Å²) in [5.41, 5.74) is 2.08. The first kappa shape index (κ1) is 19.0. The Morgan fingerprint density at radius 1 is 1.28 bits per heavy atom. The molecule has 9 nitrogen and oxygen atoms in total.